The summed E-state index contributed by atoms with van der Waals surface area (Å²) in [6.07, 6.45) is 0.141. The van der Waals surface area contributed by atoms with E-state index in [2.05, 4.69) is 20.8 Å². The van der Waals surface area contributed by atoms with Crippen molar-refractivity contribution in [3.8, 4) is 11.5 Å². The van der Waals surface area contributed by atoms with E-state index >= 15 is 0 Å². The van der Waals surface area contributed by atoms with Gasteiger partial charge in [-0.3, -0.25) is 14.6 Å². The highest BCUT2D eigenvalue weighted by Gasteiger charge is 2.33. The Bertz CT molecular complexity index is 1100. The highest BCUT2D eigenvalue weighted by atomic mass is 79.9. The van der Waals surface area contributed by atoms with E-state index in [1.165, 1.54) is 11.3 Å². The van der Waals surface area contributed by atoms with Crippen LogP contribution in [0.15, 0.2) is 46.9 Å². The molecule has 9 heteroatoms. The molecule has 1 atom stereocenters. The van der Waals surface area contributed by atoms with Gasteiger partial charge < -0.3 is 14.2 Å². The minimum Gasteiger partial charge on any atom is -0.485 e. The second-order valence-corrected chi connectivity index (χ2v) is 9.69. The van der Waals surface area contributed by atoms with Gasteiger partial charge in [0.15, 0.2) is 16.6 Å². The van der Waals surface area contributed by atoms with Crippen LogP contribution in [0, 0.1) is 0 Å². The molecular formula is C23H24BrN3O4S. The smallest absolute Gasteiger partial charge is 0.273 e. The van der Waals surface area contributed by atoms with Crippen LogP contribution < -0.4 is 14.4 Å². The summed E-state index contributed by atoms with van der Waals surface area (Å²) in [5, 5.41) is 0.688. The van der Waals surface area contributed by atoms with E-state index in [9.17, 15) is 4.79 Å². The van der Waals surface area contributed by atoms with Crippen molar-refractivity contribution in [2.24, 2.45) is 0 Å². The normalized spacial score (nSPS) is 18.6. The summed E-state index contributed by atoms with van der Waals surface area (Å²) in [6, 6.07) is 13.4. The van der Waals surface area contributed by atoms with Crippen molar-refractivity contribution in [3.63, 3.8) is 0 Å². The Morgan fingerprint density at radius 2 is 2.00 bits per heavy atom. The Labute approximate surface area is 199 Å². The number of morpholine rings is 1. The van der Waals surface area contributed by atoms with Crippen LogP contribution in [0.5, 0.6) is 11.5 Å². The van der Waals surface area contributed by atoms with Crippen molar-refractivity contribution >= 4 is 48.5 Å². The summed E-state index contributed by atoms with van der Waals surface area (Å²) in [4.78, 5) is 22.5. The number of benzene rings is 2. The fraction of sp³-hybridized carbons (Fsp3) is 0.391. The van der Waals surface area contributed by atoms with Gasteiger partial charge in [-0.1, -0.05) is 39.4 Å². The lowest BCUT2D eigenvalue weighted by molar-refractivity contribution is -0.127. The molecule has 5 rings (SSSR count). The van der Waals surface area contributed by atoms with Gasteiger partial charge in [0.05, 0.1) is 23.4 Å². The Morgan fingerprint density at radius 3 is 2.84 bits per heavy atom. The van der Waals surface area contributed by atoms with Crippen LogP contribution >= 0.6 is 27.3 Å². The van der Waals surface area contributed by atoms with Crippen LogP contribution in [0.2, 0.25) is 0 Å². The summed E-state index contributed by atoms with van der Waals surface area (Å²) in [5.41, 5.74) is 0.880. The van der Waals surface area contributed by atoms with Gasteiger partial charge >= 0.3 is 0 Å². The molecule has 0 bridgehead atoms. The van der Waals surface area contributed by atoms with Gasteiger partial charge in [0.25, 0.3) is 5.91 Å². The Morgan fingerprint density at radius 1 is 1.19 bits per heavy atom. The second-order valence-electron chi connectivity index (χ2n) is 7.77. The van der Waals surface area contributed by atoms with Crippen LogP contribution in [0.4, 0.5) is 5.13 Å². The zero-order valence-corrected chi connectivity index (χ0v) is 19.9. The van der Waals surface area contributed by atoms with Crippen LogP contribution in [0.3, 0.4) is 0 Å². The van der Waals surface area contributed by atoms with Crippen LogP contribution in [-0.4, -0.2) is 67.9 Å². The quantitative estimate of drug-likeness (QED) is 0.493. The number of amides is 1. The van der Waals surface area contributed by atoms with Crippen molar-refractivity contribution in [1.29, 1.82) is 0 Å². The highest BCUT2D eigenvalue weighted by Crippen LogP contribution is 2.34. The van der Waals surface area contributed by atoms with Gasteiger partial charge in [-0.25, -0.2) is 4.98 Å². The molecule has 1 amide bonds. The second kappa shape index (κ2) is 9.74. The molecule has 168 valence electrons. The van der Waals surface area contributed by atoms with E-state index in [4.69, 9.17) is 19.2 Å². The Balaban J connectivity index is 1.36. The molecule has 0 aliphatic carbocycles. The summed E-state index contributed by atoms with van der Waals surface area (Å²) in [7, 11) is 0. The lowest BCUT2D eigenvalue weighted by Gasteiger charge is -2.31. The third kappa shape index (κ3) is 4.76. The maximum atomic E-state index is 13.6. The first-order valence-corrected chi connectivity index (χ1v) is 12.3. The number of carbonyl (C=O) groups is 1. The summed E-state index contributed by atoms with van der Waals surface area (Å²) >= 11 is 5.04. The molecule has 0 radical (unpaired) electrons. The largest absolute Gasteiger partial charge is 0.485 e. The van der Waals surface area contributed by atoms with Gasteiger partial charge in [-0.2, -0.15) is 0 Å². The third-order valence-electron chi connectivity index (χ3n) is 5.58. The maximum Gasteiger partial charge on any atom is 0.273 e. The predicted molar refractivity (Wildman–Crippen MR) is 128 cm³/mol. The fourth-order valence-corrected chi connectivity index (χ4v) is 5.44. The fourth-order valence-electron chi connectivity index (χ4n) is 3.89. The molecule has 1 unspecified atom stereocenters. The van der Waals surface area contributed by atoms with Gasteiger partial charge in [-0.15, -0.1) is 0 Å². The van der Waals surface area contributed by atoms with Crippen molar-refractivity contribution in [2.75, 3.05) is 50.9 Å². The van der Waals surface area contributed by atoms with Gasteiger partial charge in [0.1, 0.15) is 6.61 Å². The summed E-state index contributed by atoms with van der Waals surface area (Å²) < 4.78 is 19.3. The van der Waals surface area contributed by atoms with Gasteiger partial charge in [0, 0.05) is 30.7 Å². The molecule has 0 spiro atoms. The van der Waals surface area contributed by atoms with Gasteiger partial charge in [0.2, 0.25) is 6.10 Å². The first-order valence-electron chi connectivity index (χ1n) is 10.7. The number of thiazole rings is 1. The molecule has 32 heavy (non-hydrogen) atoms. The number of para-hydroxylation sites is 2. The number of hydrogen-bond acceptors (Lipinski definition) is 7. The number of rotatable bonds is 6. The molecule has 2 aromatic carbocycles. The van der Waals surface area contributed by atoms with Crippen LogP contribution in [0.25, 0.3) is 10.2 Å². The first-order chi connectivity index (χ1) is 15.7. The molecule has 1 saturated heterocycles. The zero-order chi connectivity index (χ0) is 21.9. The van der Waals surface area contributed by atoms with Gasteiger partial charge in [-0.05, 0) is 36.8 Å². The Hall–Kier alpha value is -2.20. The average molecular weight is 518 g/mol. The third-order valence-corrected chi connectivity index (χ3v) is 7.11. The molecule has 1 aromatic heterocycles. The number of halogens is 1. The van der Waals surface area contributed by atoms with Crippen molar-refractivity contribution in [2.45, 2.75) is 12.5 Å². The minimum atomic E-state index is -0.702. The number of carbonyl (C=O) groups excluding carboxylic acids is 1. The number of fused-ring (bicyclic) bond motifs is 2. The topological polar surface area (TPSA) is 64.1 Å². The SMILES string of the molecule is O=C(C1COc2ccccc2O1)N(CCCN1CCOCC1)c1nc2ccc(Br)cc2s1. The molecule has 0 saturated carbocycles. The van der Waals surface area contributed by atoms with Crippen molar-refractivity contribution in [1.82, 2.24) is 9.88 Å². The lowest BCUT2D eigenvalue weighted by Crippen LogP contribution is -2.47. The maximum absolute atomic E-state index is 13.6. The first kappa shape index (κ1) is 21.6. The number of aromatic nitrogens is 1. The van der Waals surface area contributed by atoms with E-state index in [0.29, 0.717) is 23.2 Å². The highest BCUT2D eigenvalue weighted by molar-refractivity contribution is 9.10. The number of ether oxygens (including phenoxy) is 3. The van der Waals surface area contributed by atoms with Crippen molar-refractivity contribution < 1.29 is 19.0 Å². The Kier molecular flexibility index (Phi) is 6.59. The molecule has 0 N–H and O–H groups in total. The van der Waals surface area contributed by atoms with Crippen LogP contribution in [0.1, 0.15) is 6.42 Å². The summed E-state index contributed by atoms with van der Waals surface area (Å²) in [5.74, 6) is 1.14. The minimum absolute atomic E-state index is 0.125. The molecule has 1 fully saturated rings. The average Bonchev–Trinajstić information content (AvgIpc) is 3.24. The predicted octanol–water partition coefficient (Wildman–Crippen LogP) is 3.95. The molecule has 2 aliphatic rings. The van der Waals surface area contributed by atoms with Crippen molar-refractivity contribution in [3.05, 3.63) is 46.9 Å². The number of anilines is 1. The van der Waals surface area contributed by atoms with E-state index in [-0.39, 0.29) is 12.5 Å². The summed E-state index contributed by atoms with van der Waals surface area (Å²) in [6.45, 7) is 5.06. The number of hydrogen-bond donors (Lipinski definition) is 0. The molecule has 3 heterocycles. The standard InChI is InChI=1S/C23H24BrN3O4S/c24-16-6-7-17-21(14-16)32-23(25-17)27(9-3-8-26-10-12-29-13-11-26)22(28)20-15-30-18-4-1-2-5-19(18)31-20/h1-2,4-7,14,20H,3,8-13,15H2. The lowest BCUT2D eigenvalue weighted by atomic mass is 10.2. The molecule has 3 aromatic rings. The van der Waals surface area contributed by atoms with Crippen LogP contribution in [-0.2, 0) is 9.53 Å². The van der Waals surface area contributed by atoms with E-state index in [1.54, 1.807) is 4.90 Å². The van der Waals surface area contributed by atoms with E-state index < -0.39 is 6.10 Å². The molecule has 2 aliphatic heterocycles. The molecule has 7 nitrogen and oxygen atoms in total. The van der Waals surface area contributed by atoms with E-state index in [1.807, 2.05) is 42.5 Å². The zero-order valence-electron chi connectivity index (χ0n) is 17.5. The molecular weight excluding hydrogens is 494 g/mol. The number of nitrogens with zero attached hydrogens (tertiary/aromatic N) is 3. The monoisotopic (exact) mass is 517 g/mol. The van der Waals surface area contributed by atoms with E-state index in [0.717, 1.165) is 54.0 Å².